The van der Waals surface area contributed by atoms with Crippen LogP contribution in [0, 0.1) is 0 Å². The Kier molecular flexibility index (Phi) is 5.91. The van der Waals surface area contributed by atoms with Crippen LogP contribution in [0.4, 0.5) is 22.7 Å². The quantitative estimate of drug-likeness (QED) is 0.449. The van der Waals surface area contributed by atoms with Crippen molar-refractivity contribution in [2.45, 2.75) is 37.0 Å². The van der Waals surface area contributed by atoms with Crippen molar-refractivity contribution in [1.29, 1.82) is 0 Å². The first-order chi connectivity index (χ1) is 16.3. The van der Waals surface area contributed by atoms with Gasteiger partial charge in [-0.1, -0.05) is 28.1 Å². The predicted molar refractivity (Wildman–Crippen MR) is 135 cm³/mol. The molecule has 2 amide bonds. The molecule has 0 unspecified atom stereocenters. The number of hydrogen-bond donors (Lipinski definition) is 2. The smallest absolute Gasteiger partial charge is 0.261 e. The Labute approximate surface area is 206 Å². The first-order valence-electron chi connectivity index (χ1n) is 11.0. The monoisotopic (exact) mass is 539 g/mol. The molecule has 174 valence electrons. The molecule has 0 aromatic heterocycles. The molecule has 34 heavy (non-hydrogen) atoms. The number of sulfonamides is 1. The summed E-state index contributed by atoms with van der Waals surface area (Å²) < 4.78 is 28.7. The lowest BCUT2D eigenvalue weighted by molar-refractivity contribution is -0.124. The molecule has 0 spiro atoms. The first kappa shape index (κ1) is 22.6. The molecule has 0 fully saturated rings. The van der Waals surface area contributed by atoms with Crippen LogP contribution in [-0.4, -0.2) is 20.2 Å². The van der Waals surface area contributed by atoms with E-state index >= 15 is 0 Å². The van der Waals surface area contributed by atoms with Gasteiger partial charge in [-0.2, -0.15) is 0 Å². The minimum Gasteiger partial charge on any atom is -0.324 e. The standard InChI is InChI=1S/C25H22BrN3O4S/c26-17-5-3-6-20(14-17)34(32,33)28-18-9-11-19(12-10-18)29-22-13-8-16-4-1-2-7-21(16)25(22)27-23(30)15-24(29)31/h3,5-6,8-14,28H,1-2,4,7,15H2,(H,27,30). The number of carbonyl (C=O) groups is 2. The van der Waals surface area contributed by atoms with Gasteiger partial charge < -0.3 is 5.32 Å². The molecule has 0 saturated carbocycles. The van der Waals surface area contributed by atoms with E-state index in [0.29, 0.717) is 27.2 Å². The second-order valence-corrected chi connectivity index (χ2v) is 11.0. The van der Waals surface area contributed by atoms with Crippen molar-refractivity contribution in [2.24, 2.45) is 0 Å². The molecular formula is C25H22BrN3O4S. The molecule has 7 nitrogen and oxygen atoms in total. The minimum absolute atomic E-state index is 0.136. The van der Waals surface area contributed by atoms with Gasteiger partial charge in [-0.25, -0.2) is 8.42 Å². The molecule has 3 aromatic rings. The maximum Gasteiger partial charge on any atom is 0.261 e. The van der Waals surface area contributed by atoms with Gasteiger partial charge >= 0.3 is 0 Å². The molecule has 1 heterocycles. The number of halogens is 1. The van der Waals surface area contributed by atoms with Crippen LogP contribution < -0.4 is 14.9 Å². The second-order valence-electron chi connectivity index (χ2n) is 8.37. The third-order valence-electron chi connectivity index (χ3n) is 6.06. The van der Waals surface area contributed by atoms with Gasteiger partial charge in [-0.05, 0) is 85.3 Å². The molecular weight excluding hydrogens is 518 g/mol. The number of nitrogens with one attached hydrogen (secondary N) is 2. The summed E-state index contributed by atoms with van der Waals surface area (Å²) in [7, 11) is -3.77. The van der Waals surface area contributed by atoms with E-state index in [9.17, 15) is 18.0 Å². The topological polar surface area (TPSA) is 95.6 Å². The fourth-order valence-corrected chi connectivity index (χ4v) is 6.14. The average molecular weight is 540 g/mol. The maximum atomic E-state index is 13.0. The summed E-state index contributed by atoms with van der Waals surface area (Å²) in [6.07, 6.45) is 3.71. The van der Waals surface area contributed by atoms with Crippen molar-refractivity contribution in [1.82, 2.24) is 0 Å². The predicted octanol–water partition coefficient (Wildman–Crippen LogP) is 5.14. The molecule has 1 aliphatic heterocycles. The normalized spacial score (nSPS) is 15.7. The number of carbonyl (C=O) groups excluding carboxylic acids is 2. The Balaban J connectivity index is 1.48. The summed E-state index contributed by atoms with van der Waals surface area (Å²) in [5.41, 5.74) is 4.56. The summed E-state index contributed by atoms with van der Waals surface area (Å²) in [6.45, 7) is 0. The molecule has 0 radical (unpaired) electrons. The van der Waals surface area contributed by atoms with E-state index in [1.807, 2.05) is 12.1 Å². The molecule has 0 saturated heterocycles. The third-order valence-corrected chi connectivity index (χ3v) is 7.93. The highest BCUT2D eigenvalue weighted by Crippen LogP contribution is 2.41. The lowest BCUT2D eigenvalue weighted by Crippen LogP contribution is -2.26. The molecule has 9 heteroatoms. The summed E-state index contributed by atoms with van der Waals surface area (Å²) in [5, 5.41) is 2.95. The Morgan fingerprint density at radius 1 is 0.941 bits per heavy atom. The number of aryl methyl sites for hydroxylation is 1. The van der Waals surface area contributed by atoms with E-state index in [1.54, 1.807) is 36.4 Å². The Morgan fingerprint density at radius 3 is 2.47 bits per heavy atom. The molecule has 3 aromatic carbocycles. The van der Waals surface area contributed by atoms with Crippen LogP contribution in [0.2, 0.25) is 0 Å². The van der Waals surface area contributed by atoms with E-state index in [1.165, 1.54) is 22.6 Å². The summed E-state index contributed by atoms with van der Waals surface area (Å²) >= 11 is 3.29. The Bertz CT molecular complexity index is 1400. The van der Waals surface area contributed by atoms with Crippen LogP contribution >= 0.6 is 15.9 Å². The third kappa shape index (κ3) is 4.33. The van der Waals surface area contributed by atoms with E-state index < -0.39 is 10.0 Å². The zero-order chi connectivity index (χ0) is 23.9. The van der Waals surface area contributed by atoms with Gasteiger partial charge in [0.05, 0.1) is 16.3 Å². The average Bonchev–Trinajstić information content (AvgIpc) is 2.94. The molecule has 0 bridgehead atoms. The molecule has 5 rings (SSSR count). The highest BCUT2D eigenvalue weighted by molar-refractivity contribution is 9.10. The van der Waals surface area contributed by atoms with Gasteiger partial charge in [0.1, 0.15) is 6.42 Å². The first-order valence-corrected chi connectivity index (χ1v) is 13.3. The fraction of sp³-hybridized carbons (Fsp3) is 0.200. The molecule has 2 aliphatic rings. The van der Waals surface area contributed by atoms with Crippen molar-refractivity contribution in [2.75, 3.05) is 14.9 Å². The number of anilines is 4. The Hall–Kier alpha value is -3.17. The highest BCUT2D eigenvalue weighted by Gasteiger charge is 2.30. The van der Waals surface area contributed by atoms with Crippen LogP contribution in [-0.2, 0) is 32.5 Å². The zero-order valence-corrected chi connectivity index (χ0v) is 20.6. The SMILES string of the molecule is O=C1CC(=O)N(c2ccc(NS(=O)(=O)c3cccc(Br)c3)cc2)c2ccc3c(c2N1)CCCC3. The van der Waals surface area contributed by atoms with Crippen LogP contribution in [0.1, 0.15) is 30.4 Å². The Morgan fingerprint density at radius 2 is 1.71 bits per heavy atom. The van der Waals surface area contributed by atoms with Crippen molar-refractivity contribution < 1.29 is 18.0 Å². The number of rotatable bonds is 4. The molecule has 2 N–H and O–H groups in total. The van der Waals surface area contributed by atoms with Crippen molar-refractivity contribution in [3.8, 4) is 0 Å². The van der Waals surface area contributed by atoms with Crippen molar-refractivity contribution in [3.63, 3.8) is 0 Å². The lowest BCUT2D eigenvalue weighted by atomic mass is 9.89. The highest BCUT2D eigenvalue weighted by atomic mass is 79.9. The number of amides is 2. The van der Waals surface area contributed by atoms with E-state index in [4.69, 9.17) is 0 Å². The fourth-order valence-electron chi connectivity index (χ4n) is 4.49. The van der Waals surface area contributed by atoms with Crippen LogP contribution in [0.5, 0.6) is 0 Å². The summed E-state index contributed by atoms with van der Waals surface area (Å²) in [6, 6.07) is 16.9. The number of hydrogen-bond acceptors (Lipinski definition) is 4. The number of benzene rings is 3. The largest absolute Gasteiger partial charge is 0.324 e. The van der Waals surface area contributed by atoms with E-state index in [2.05, 4.69) is 26.0 Å². The van der Waals surface area contributed by atoms with Crippen molar-refractivity contribution >= 4 is 60.5 Å². The zero-order valence-electron chi connectivity index (χ0n) is 18.2. The van der Waals surface area contributed by atoms with Gasteiger partial charge in [0.2, 0.25) is 11.8 Å². The number of fused-ring (bicyclic) bond motifs is 3. The van der Waals surface area contributed by atoms with Crippen LogP contribution in [0.25, 0.3) is 0 Å². The van der Waals surface area contributed by atoms with Gasteiger partial charge in [0, 0.05) is 15.8 Å². The van der Waals surface area contributed by atoms with E-state index in [-0.39, 0.29) is 23.1 Å². The van der Waals surface area contributed by atoms with Crippen LogP contribution in [0.3, 0.4) is 0 Å². The summed E-state index contributed by atoms with van der Waals surface area (Å²) in [5.74, 6) is -0.666. The maximum absolute atomic E-state index is 13.0. The van der Waals surface area contributed by atoms with Gasteiger partial charge in [-0.3, -0.25) is 19.2 Å². The minimum atomic E-state index is -3.77. The van der Waals surface area contributed by atoms with Gasteiger partial charge in [0.15, 0.2) is 0 Å². The van der Waals surface area contributed by atoms with E-state index in [0.717, 1.165) is 31.2 Å². The second kappa shape index (κ2) is 8.88. The van der Waals surface area contributed by atoms with Gasteiger partial charge in [0.25, 0.3) is 10.0 Å². The molecule has 1 aliphatic carbocycles. The number of nitrogens with zero attached hydrogens (tertiary/aromatic N) is 1. The summed E-state index contributed by atoms with van der Waals surface area (Å²) in [4.78, 5) is 27.2. The lowest BCUT2D eigenvalue weighted by Gasteiger charge is -2.26. The van der Waals surface area contributed by atoms with Crippen molar-refractivity contribution in [3.05, 3.63) is 76.3 Å². The van der Waals surface area contributed by atoms with Crippen LogP contribution in [0.15, 0.2) is 70.0 Å². The molecule has 0 atom stereocenters. The van der Waals surface area contributed by atoms with Gasteiger partial charge in [-0.15, -0.1) is 0 Å².